The van der Waals surface area contributed by atoms with Gasteiger partial charge in [-0.25, -0.2) is 9.97 Å². The molecule has 3 aromatic carbocycles. The predicted molar refractivity (Wildman–Crippen MR) is 122 cm³/mol. The van der Waals surface area contributed by atoms with E-state index < -0.39 is 0 Å². The average Bonchev–Trinajstić information content (AvgIpc) is 2.81. The van der Waals surface area contributed by atoms with Crippen molar-refractivity contribution in [3.05, 3.63) is 72.3 Å². The number of methoxy groups -OCH3 is 1. The maximum absolute atomic E-state index is 10.1. The molecule has 0 bridgehead atoms. The zero-order chi connectivity index (χ0) is 22.1. The minimum absolute atomic E-state index is 0.000273. The fourth-order valence-corrected chi connectivity index (χ4v) is 3.56. The Morgan fingerprint density at radius 2 is 1.69 bits per heavy atom. The lowest BCUT2D eigenvalue weighted by molar-refractivity contribution is 0.378. The van der Waals surface area contributed by atoms with Gasteiger partial charge in [-0.2, -0.15) is 0 Å². The van der Waals surface area contributed by atoms with Crippen LogP contribution in [-0.4, -0.2) is 32.2 Å². The van der Waals surface area contributed by atoms with Crippen molar-refractivity contribution in [1.82, 2.24) is 19.9 Å². The number of hydrogen-bond acceptors (Lipinski definition) is 8. The first-order chi connectivity index (χ1) is 15.6. The molecule has 0 aliphatic carbocycles. The van der Waals surface area contributed by atoms with Crippen LogP contribution in [0.3, 0.4) is 0 Å². The Balaban J connectivity index is 1.44. The molecule has 2 heterocycles. The van der Waals surface area contributed by atoms with Crippen LogP contribution < -0.4 is 14.8 Å². The van der Waals surface area contributed by atoms with Gasteiger partial charge < -0.3 is 19.9 Å². The number of ether oxygens (including phenoxy) is 2. The second-order valence-electron chi connectivity index (χ2n) is 6.81. The van der Waals surface area contributed by atoms with Crippen molar-refractivity contribution in [2.75, 3.05) is 12.4 Å². The lowest BCUT2D eigenvalue weighted by atomic mass is 10.2. The smallest absolute Gasteiger partial charge is 0.173 e. The Labute approximate surface area is 187 Å². The molecule has 5 rings (SSSR count). The van der Waals surface area contributed by atoms with Crippen molar-refractivity contribution >= 4 is 45.0 Å². The first-order valence-electron chi connectivity index (χ1n) is 9.58. The molecule has 0 aliphatic heterocycles. The second-order valence-corrected chi connectivity index (χ2v) is 7.22. The van der Waals surface area contributed by atoms with E-state index in [1.165, 1.54) is 19.5 Å². The van der Waals surface area contributed by atoms with Crippen LogP contribution >= 0.6 is 11.6 Å². The van der Waals surface area contributed by atoms with Crippen LogP contribution in [0.4, 0.5) is 11.5 Å². The van der Waals surface area contributed by atoms with E-state index in [9.17, 15) is 5.11 Å². The van der Waals surface area contributed by atoms with E-state index in [1.54, 1.807) is 36.7 Å². The first-order valence-corrected chi connectivity index (χ1v) is 9.96. The van der Waals surface area contributed by atoms with Crippen molar-refractivity contribution < 1.29 is 14.6 Å². The SMILES string of the molecule is COc1c(O)ccc2ncnc(Nc3ccc(Oc4ccc5nccnc5c4)c(Cl)c3)c12. The number of rotatable bonds is 5. The molecule has 8 nitrogen and oxygen atoms in total. The minimum Gasteiger partial charge on any atom is -0.504 e. The van der Waals surface area contributed by atoms with Gasteiger partial charge in [0.05, 0.1) is 34.1 Å². The number of hydrogen-bond donors (Lipinski definition) is 2. The molecule has 32 heavy (non-hydrogen) atoms. The molecule has 0 radical (unpaired) electrons. The van der Waals surface area contributed by atoms with Gasteiger partial charge in [0.1, 0.15) is 23.6 Å². The predicted octanol–water partition coefficient (Wildman–Crippen LogP) is 5.48. The highest BCUT2D eigenvalue weighted by Crippen LogP contribution is 2.39. The van der Waals surface area contributed by atoms with E-state index in [-0.39, 0.29) is 11.5 Å². The van der Waals surface area contributed by atoms with E-state index in [0.717, 1.165) is 11.0 Å². The van der Waals surface area contributed by atoms with Gasteiger partial charge in [-0.1, -0.05) is 11.6 Å². The molecule has 0 saturated carbocycles. The molecule has 0 amide bonds. The molecule has 5 aromatic rings. The van der Waals surface area contributed by atoms with Crippen molar-refractivity contribution in [3.63, 3.8) is 0 Å². The molecule has 0 saturated heterocycles. The van der Waals surface area contributed by atoms with Crippen molar-refractivity contribution in [2.24, 2.45) is 0 Å². The van der Waals surface area contributed by atoms with Crippen molar-refractivity contribution in [2.45, 2.75) is 0 Å². The summed E-state index contributed by atoms with van der Waals surface area (Å²) >= 11 is 6.48. The van der Waals surface area contributed by atoms with E-state index in [2.05, 4.69) is 25.3 Å². The van der Waals surface area contributed by atoms with Crippen molar-refractivity contribution in [3.8, 4) is 23.0 Å². The Morgan fingerprint density at radius 1 is 0.875 bits per heavy atom. The molecule has 0 fully saturated rings. The minimum atomic E-state index is -0.000273. The molecule has 0 aliphatic rings. The van der Waals surface area contributed by atoms with Crippen LogP contribution in [0.1, 0.15) is 0 Å². The Bertz CT molecular complexity index is 1460. The van der Waals surface area contributed by atoms with Gasteiger partial charge in [0, 0.05) is 24.1 Å². The normalized spacial score (nSPS) is 10.9. The fraction of sp³-hybridized carbons (Fsp3) is 0.0435. The van der Waals surface area contributed by atoms with Crippen LogP contribution in [0.5, 0.6) is 23.0 Å². The topological polar surface area (TPSA) is 102 Å². The quantitative estimate of drug-likeness (QED) is 0.367. The third kappa shape index (κ3) is 3.67. The van der Waals surface area contributed by atoms with Gasteiger partial charge in [0.15, 0.2) is 11.5 Å². The van der Waals surface area contributed by atoms with Gasteiger partial charge in [-0.05, 0) is 42.5 Å². The number of fused-ring (bicyclic) bond motifs is 2. The molecular weight excluding hydrogens is 430 g/mol. The number of phenols is 1. The number of nitrogens with zero attached hydrogens (tertiary/aromatic N) is 4. The zero-order valence-electron chi connectivity index (χ0n) is 16.8. The third-order valence-electron chi connectivity index (χ3n) is 4.80. The van der Waals surface area contributed by atoms with Crippen LogP contribution in [0.15, 0.2) is 67.3 Å². The van der Waals surface area contributed by atoms with Crippen LogP contribution in [0.25, 0.3) is 21.9 Å². The number of nitrogens with one attached hydrogen (secondary N) is 1. The Kier molecular flexibility index (Phi) is 5.04. The summed E-state index contributed by atoms with van der Waals surface area (Å²) < 4.78 is 11.3. The molecule has 2 aromatic heterocycles. The molecule has 9 heteroatoms. The van der Waals surface area contributed by atoms with Gasteiger partial charge in [0.25, 0.3) is 0 Å². The third-order valence-corrected chi connectivity index (χ3v) is 5.10. The number of halogens is 1. The summed E-state index contributed by atoms with van der Waals surface area (Å²) in [5.41, 5.74) is 2.82. The molecule has 0 atom stereocenters. The number of aromatic nitrogens is 4. The van der Waals surface area contributed by atoms with E-state index in [4.69, 9.17) is 21.1 Å². The lowest BCUT2D eigenvalue weighted by Gasteiger charge is -2.13. The summed E-state index contributed by atoms with van der Waals surface area (Å²) in [7, 11) is 1.48. The molecule has 2 N–H and O–H groups in total. The monoisotopic (exact) mass is 445 g/mol. The second kappa shape index (κ2) is 8.16. The first kappa shape index (κ1) is 19.8. The largest absolute Gasteiger partial charge is 0.504 e. The van der Waals surface area contributed by atoms with Crippen LogP contribution in [0, 0.1) is 0 Å². The van der Waals surface area contributed by atoms with E-state index in [0.29, 0.717) is 38.9 Å². The summed E-state index contributed by atoms with van der Waals surface area (Å²) in [6.07, 6.45) is 4.71. The molecule has 0 spiro atoms. The fourth-order valence-electron chi connectivity index (χ4n) is 3.34. The Hall–Kier alpha value is -4.17. The van der Waals surface area contributed by atoms with Crippen molar-refractivity contribution in [1.29, 1.82) is 0 Å². The van der Waals surface area contributed by atoms with E-state index >= 15 is 0 Å². The number of phenolic OH excluding ortho intramolecular Hbond substituents is 1. The van der Waals surface area contributed by atoms with Gasteiger partial charge >= 0.3 is 0 Å². The summed E-state index contributed by atoms with van der Waals surface area (Å²) in [6.45, 7) is 0. The highest BCUT2D eigenvalue weighted by molar-refractivity contribution is 6.32. The summed E-state index contributed by atoms with van der Waals surface area (Å²) in [6, 6.07) is 14.0. The standard InChI is InChI=1S/C23H16ClN5O3/c1-31-22-19(30)6-5-17-21(22)23(28-12-27-17)29-13-2-7-20(15(24)10-13)32-14-3-4-16-18(11-14)26-9-8-25-16/h2-12,30H,1H3,(H,27,28,29). The number of anilines is 2. The van der Waals surface area contributed by atoms with Gasteiger partial charge in [-0.3, -0.25) is 9.97 Å². The average molecular weight is 446 g/mol. The zero-order valence-corrected chi connectivity index (χ0v) is 17.5. The maximum Gasteiger partial charge on any atom is 0.173 e. The maximum atomic E-state index is 10.1. The van der Waals surface area contributed by atoms with E-state index in [1.807, 2.05) is 18.2 Å². The molecular formula is C23H16ClN5O3. The highest BCUT2D eigenvalue weighted by atomic mass is 35.5. The van der Waals surface area contributed by atoms with Gasteiger partial charge in [-0.15, -0.1) is 0 Å². The van der Waals surface area contributed by atoms with Gasteiger partial charge in [0.2, 0.25) is 0 Å². The molecule has 158 valence electrons. The number of aromatic hydroxyl groups is 1. The molecule has 0 unspecified atom stereocenters. The summed E-state index contributed by atoms with van der Waals surface area (Å²) in [4.78, 5) is 17.1. The van der Waals surface area contributed by atoms with Crippen LogP contribution in [0.2, 0.25) is 5.02 Å². The summed E-state index contributed by atoms with van der Waals surface area (Å²) in [5, 5.41) is 14.3. The summed E-state index contributed by atoms with van der Waals surface area (Å²) in [5.74, 6) is 1.85. The highest BCUT2D eigenvalue weighted by Gasteiger charge is 2.15. The Morgan fingerprint density at radius 3 is 2.50 bits per heavy atom. The number of benzene rings is 3. The van der Waals surface area contributed by atoms with Crippen LogP contribution in [-0.2, 0) is 0 Å². The lowest BCUT2D eigenvalue weighted by Crippen LogP contribution is -1.98.